The van der Waals surface area contributed by atoms with Crippen molar-refractivity contribution in [3.05, 3.63) is 29.1 Å². The molecule has 0 aliphatic rings. The van der Waals surface area contributed by atoms with Gasteiger partial charge in [-0.3, -0.25) is 0 Å². The van der Waals surface area contributed by atoms with E-state index in [-0.39, 0.29) is 5.82 Å². The number of anilines is 1. The Bertz CT molecular complexity index is 394. The molecule has 0 saturated carbocycles. The molecule has 0 aromatic heterocycles. The van der Waals surface area contributed by atoms with Crippen LogP contribution in [-0.2, 0) is 4.74 Å². The average molecular weight is 255 g/mol. The molecule has 0 spiro atoms. The quantitative estimate of drug-likeness (QED) is 0.793. The standard InChI is InChI=1S/C14H22FNO2/c1-5-18-7-6-16(4)14-8-10(2)13(15)9-12(14)11(3)17/h8-9,11,17H,5-7H2,1-4H3/t11-/m0/s1. The van der Waals surface area contributed by atoms with Crippen LogP contribution in [-0.4, -0.2) is 31.9 Å². The molecule has 18 heavy (non-hydrogen) atoms. The summed E-state index contributed by atoms with van der Waals surface area (Å²) in [4.78, 5) is 1.98. The SMILES string of the molecule is CCOCCN(C)c1cc(C)c(F)cc1[C@H](C)O. The summed E-state index contributed by atoms with van der Waals surface area (Å²) in [5, 5.41) is 9.72. The molecule has 102 valence electrons. The van der Waals surface area contributed by atoms with Crippen molar-refractivity contribution in [3.63, 3.8) is 0 Å². The Labute approximate surface area is 108 Å². The van der Waals surface area contributed by atoms with E-state index in [9.17, 15) is 9.50 Å². The van der Waals surface area contributed by atoms with Gasteiger partial charge in [-0.1, -0.05) is 0 Å². The zero-order valence-corrected chi connectivity index (χ0v) is 11.5. The summed E-state index contributed by atoms with van der Waals surface area (Å²) in [7, 11) is 1.91. The van der Waals surface area contributed by atoms with Crippen molar-refractivity contribution in [2.75, 3.05) is 31.7 Å². The topological polar surface area (TPSA) is 32.7 Å². The number of aryl methyl sites for hydroxylation is 1. The lowest BCUT2D eigenvalue weighted by molar-refractivity contribution is 0.154. The Morgan fingerprint density at radius 3 is 2.67 bits per heavy atom. The summed E-state index contributed by atoms with van der Waals surface area (Å²) < 4.78 is 18.8. The zero-order chi connectivity index (χ0) is 13.7. The highest BCUT2D eigenvalue weighted by Crippen LogP contribution is 2.28. The van der Waals surface area contributed by atoms with E-state index >= 15 is 0 Å². The molecule has 1 atom stereocenters. The molecule has 1 N–H and O–H groups in total. The summed E-state index contributed by atoms with van der Waals surface area (Å²) in [5.41, 5.74) is 2.04. The Hall–Kier alpha value is -1.13. The highest BCUT2D eigenvalue weighted by Gasteiger charge is 2.14. The van der Waals surface area contributed by atoms with Gasteiger partial charge in [-0.15, -0.1) is 0 Å². The van der Waals surface area contributed by atoms with Crippen LogP contribution in [0.3, 0.4) is 0 Å². The molecular weight excluding hydrogens is 233 g/mol. The minimum absolute atomic E-state index is 0.284. The summed E-state index contributed by atoms with van der Waals surface area (Å²) in [5.74, 6) is -0.284. The van der Waals surface area contributed by atoms with E-state index in [0.29, 0.717) is 30.9 Å². The van der Waals surface area contributed by atoms with Crippen molar-refractivity contribution in [1.29, 1.82) is 0 Å². The number of nitrogens with zero attached hydrogens (tertiary/aromatic N) is 1. The van der Waals surface area contributed by atoms with E-state index < -0.39 is 6.10 Å². The van der Waals surface area contributed by atoms with Crippen LogP contribution in [0.2, 0.25) is 0 Å². The van der Waals surface area contributed by atoms with Crippen LogP contribution in [0.5, 0.6) is 0 Å². The Morgan fingerprint density at radius 1 is 1.44 bits per heavy atom. The normalized spacial score (nSPS) is 12.6. The summed E-state index contributed by atoms with van der Waals surface area (Å²) >= 11 is 0. The molecule has 0 aliphatic heterocycles. The molecule has 0 unspecified atom stereocenters. The van der Waals surface area contributed by atoms with Gasteiger partial charge in [0.25, 0.3) is 0 Å². The first-order valence-corrected chi connectivity index (χ1v) is 6.24. The molecule has 0 fully saturated rings. The Kier molecular flexibility index (Phi) is 5.56. The summed E-state index contributed by atoms with van der Waals surface area (Å²) in [6.07, 6.45) is -0.690. The van der Waals surface area contributed by atoms with Crippen molar-refractivity contribution >= 4 is 5.69 Å². The predicted octanol–water partition coefficient (Wildman–Crippen LogP) is 2.66. The highest BCUT2D eigenvalue weighted by molar-refractivity contribution is 5.56. The van der Waals surface area contributed by atoms with Crippen molar-refractivity contribution in [2.45, 2.75) is 26.9 Å². The number of aliphatic hydroxyl groups is 1. The maximum atomic E-state index is 13.5. The minimum atomic E-state index is -0.690. The molecule has 0 amide bonds. The fourth-order valence-electron chi connectivity index (χ4n) is 1.81. The monoisotopic (exact) mass is 255 g/mol. The van der Waals surface area contributed by atoms with Crippen LogP contribution in [0.25, 0.3) is 0 Å². The number of hydrogen-bond acceptors (Lipinski definition) is 3. The Balaban J connectivity index is 2.94. The van der Waals surface area contributed by atoms with Gasteiger partial charge in [0.15, 0.2) is 0 Å². The molecule has 0 aliphatic carbocycles. The van der Waals surface area contributed by atoms with Crippen molar-refractivity contribution in [2.24, 2.45) is 0 Å². The third-order valence-corrected chi connectivity index (χ3v) is 2.94. The lowest BCUT2D eigenvalue weighted by Crippen LogP contribution is -2.24. The van der Waals surface area contributed by atoms with E-state index in [0.717, 1.165) is 5.69 Å². The van der Waals surface area contributed by atoms with E-state index in [4.69, 9.17) is 4.74 Å². The van der Waals surface area contributed by atoms with Crippen LogP contribution in [0.1, 0.15) is 31.1 Å². The number of aliphatic hydroxyl groups excluding tert-OH is 1. The molecule has 1 aromatic rings. The predicted molar refractivity (Wildman–Crippen MR) is 71.5 cm³/mol. The van der Waals surface area contributed by atoms with Gasteiger partial charge in [-0.25, -0.2) is 4.39 Å². The molecule has 0 saturated heterocycles. The highest BCUT2D eigenvalue weighted by atomic mass is 19.1. The number of rotatable bonds is 6. The van der Waals surface area contributed by atoms with Crippen LogP contribution >= 0.6 is 0 Å². The fourth-order valence-corrected chi connectivity index (χ4v) is 1.81. The molecular formula is C14H22FNO2. The van der Waals surface area contributed by atoms with E-state index in [1.807, 2.05) is 18.9 Å². The molecule has 1 aromatic carbocycles. The van der Waals surface area contributed by atoms with Crippen molar-refractivity contribution < 1.29 is 14.2 Å². The maximum absolute atomic E-state index is 13.5. The second-order valence-corrected chi connectivity index (χ2v) is 4.45. The van der Waals surface area contributed by atoms with Gasteiger partial charge < -0.3 is 14.7 Å². The second-order valence-electron chi connectivity index (χ2n) is 4.45. The van der Waals surface area contributed by atoms with Crippen molar-refractivity contribution in [1.82, 2.24) is 0 Å². The number of hydrogen-bond donors (Lipinski definition) is 1. The van der Waals surface area contributed by atoms with Gasteiger partial charge in [0.2, 0.25) is 0 Å². The zero-order valence-electron chi connectivity index (χ0n) is 11.5. The first-order valence-electron chi connectivity index (χ1n) is 6.24. The largest absolute Gasteiger partial charge is 0.389 e. The van der Waals surface area contributed by atoms with Gasteiger partial charge in [0, 0.05) is 31.5 Å². The maximum Gasteiger partial charge on any atom is 0.126 e. The minimum Gasteiger partial charge on any atom is -0.389 e. The third kappa shape index (κ3) is 3.68. The first-order chi connectivity index (χ1) is 8.47. The number of halogens is 1. The van der Waals surface area contributed by atoms with Crippen molar-refractivity contribution in [3.8, 4) is 0 Å². The first kappa shape index (κ1) is 14.9. The lowest BCUT2D eigenvalue weighted by Gasteiger charge is -2.24. The van der Waals surface area contributed by atoms with Gasteiger partial charge >= 0.3 is 0 Å². The molecule has 0 bridgehead atoms. The van der Waals surface area contributed by atoms with Crippen LogP contribution in [0.4, 0.5) is 10.1 Å². The van der Waals surface area contributed by atoms with Crippen LogP contribution in [0.15, 0.2) is 12.1 Å². The molecule has 4 heteroatoms. The smallest absolute Gasteiger partial charge is 0.126 e. The molecule has 3 nitrogen and oxygen atoms in total. The van der Waals surface area contributed by atoms with E-state index in [1.165, 1.54) is 6.07 Å². The average Bonchev–Trinajstić information content (AvgIpc) is 2.32. The lowest BCUT2D eigenvalue weighted by atomic mass is 10.0. The molecule has 0 radical (unpaired) electrons. The van der Waals surface area contributed by atoms with Crippen LogP contribution in [0, 0.1) is 12.7 Å². The Morgan fingerprint density at radius 2 is 2.11 bits per heavy atom. The van der Waals surface area contributed by atoms with Gasteiger partial charge in [0.05, 0.1) is 12.7 Å². The van der Waals surface area contributed by atoms with Crippen LogP contribution < -0.4 is 4.90 Å². The summed E-state index contributed by atoms with van der Waals surface area (Å²) in [6.45, 7) is 7.31. The van der Waals surface area contributed by atoms with E-state index in [1.54, 1.807) is 19.9 Å². The molecule has 1 rings (SSSR count). The fraction of sp³-hybridized carbons (Fsp3) is 0.571. The van der Waals surface area contributed by atoms with Gasteiger partial charge in [0.1, 0.15) is 5.82 Å². The number of benzene rings is 1. The second kappa shape index (κ2) is 6.71. The number of likely N-dealkylation sites (N-methyl/N-ethyl adjacent to an activating group) is 1. The molecule has 0 heterocycles. The van der Waals surface area contributed by atoms with Gasteiger partial charge in [-0.2, -0.15) is 0 Å². The third-order valence-electron chi connectivity index (χ3n) is 2.94. The van der Waals surface area contributed by atoms with Gasteiger partial charge in [-0.05, 0) is 38.5 Å². The number of ether oxygens (including phenoxy) is 1. The van der Waals surface area contributed by atoms with E-state index in [2.05, 4.69) is 0 Å². The summed E-state index contributed by atoms with van der Waals surface area (Å²) in [6, 6.07) is 3.18.